The molecule has 3 heterocycles. The summed E-state index contributed by atoms with van der Waals surface area (Å²) in [5.74, 6) is 1.47. The Morgan fingerprint density at radius 3 is 1.80 bits per heavy atom. The first-order chi connectivity index (χ1) is 34.7. The Balaban J connectivity index is 0.998. The molecule has 0 aliphatic carbocycles. The van der Waals surface area contributed by atoms with Gasteiger partial charge in [0.1, 0.15) is 12.0 Å². The molecule has 0 bridgehead atoms. The van der Waals surface area contributed by atoms with Gasteiger partial charge in [-0.05, 0) is 120 Å². The molecule has 1 N–H and O–H groups in total. The lowest BCUT2D eigenvalue weighted by molar-refractivity contribution is 0.675. The van der Waals surface area contributed by atoms with Gasteiger partial charge in [0.2, 0.25) is 0 Å². The van der Waals surface area contributed by atoms with E-state index in [0.717, 1.165) is 44.9 Å². The number of benzene rings is 12. The van der Waals surface area contributed by atoms with E-state index in [1.54, 1.807) is 0 Å². The first-order valence-electron chi connectivity index (χ1n) is 23.9. The van der Waals surface area contributed by atoms with Crippen molar-refractivity contribution in [2.75, 3.05) is 0 Å². The van der Waals surface area contributed by atoms with Crippen LogP contribution in [0.5, 0.6) is 0 Å². The predicted octanol–water partition coefficient (Wildman–Crippen LogP) is 17.1. The van der Waals surface area contributed by atoms with Crippen LogP contribution in [0.2, 0.25) is 0 Å². The molecule has 0 saturated carbocycles. The highest BCUT2D eigenvalue weighted by Gasteiger charge is 2.26. The second-order valence-corrected chi connectivity index (χ2v) is 19.6. The van der Waals surface area contributed by atoms with Gasteiger partial charge in [-0.2, -0.15) is 0 Å². The lowest BCUT2D eigenvalue weighted by Gasteiger charge is -2.25. The first-order valence-corrected chi connectivity index (χ1v) is 24.7. The molecule has 1 aliphatic rings. The van der Waals surface area contributed by atoms with Gasteiger partial charge in [-0.3, -0.25) is 0 Å². The highest BCUT2D eigenvalue weighted by Crippen LogP contribution is 2.43. The summed E-state index contributed by atoms with van der Waals surface area (Å²) in [7, 11) is 0. The Hall–Kier alpha value is -8.90. The largest absolute Gasteiger partial charge is 0.344 e. The van der Waals surface area contributed by atoms with Crippen molar-refractivity contribution < 1.29 is 0 Å². The van der Waals surface area contributed by atoms with Crippen molar-refractivity contribution in [3.8, 4) is 16.8 Å². The predicted molar refractivity (Wildman–Crippen MR) is 298 cm³/mol. The van der Waals surface area contributed by atoms with E-state index in [-0.39, 0.29) is 0 Å². The molecule has 2 aromatic heterocycles. The molecule has 4 nitrogen and oxygen atoms in total. The topological polar surface area (TPSA) is 41.7 Å². The molecule has 1 aliphatic heterocycles. The molecule has 15 rings (SSSR count). The number of thiophene rings is 1. The average Bonchev–Trinajstić information content (AvgIpc) is 3.96. The lowest BCUT2D eigenvalue weighted by Crippen LogP contribution is -2.33. The fourth-order valence-electron chi connectivity index (χ4n) is 11.3. The maximum atomic E-state index is 5.59. The Morgan fingerprint density at radius 1 is 0.386 bits per heavy atom. The summed E-state index contributed by atoms with van der Waals surface area (Å²) in [4.78, 5) is 11.1. The molecular weight excluding hydrogens is 869 g/mol. The number of hydrogen-bond donors (Lipinski definition) is 1. The van der Waals surface area contributed by atoms with Crippen molar-refractivity contribution >= 4 is 119 Å². The van der Waals surface area contributed by atoms with E-state index in [1.165, 1.54) is 90.3 Å². The van der Waals surface area contributed by atoms with Gasteiger partial charge < -0.3 is 9.88 Å². The number of rotatable bonds is 5. The number of para-hydroxylation sites is 1. The van der Waals surface area contributed by atoms with E-state index in [1.807, 2.05) is 11.3 Å². The molecule has 12 aromatic carbocycles. The third-order valence-electron chi connectivity index (χ3n) is 14.6. The minimum atomic E-state index is -0.406. The van der Waals surface area contributed by atoms with Crippen LogP contribution in [0.1, 0.15) is 22.9 Å². The summed E-state index contributed by atoms with van der Waals surface area (Å²) >= 11 is 1.85. The normalized spacial score (nSPS) is 14.1. The molecular formula is C65H40N4S. The molecule has 0 spiro atoms. The highest BCUT2D eigenvalue weighted by molar-refractivity contribution is 7.25. The molecule has 0 saturated heterocycles. The van der Waals surface area contributed by atoms with Crippen LogP contribution in [0.25, 0.3) is 113 Å². The first kappa shape index (κ1) is 39.1. The van der Waals surface area contributed by atoms with Crippen molar-refractivity contribution in [2.45, 2.75) is 6.17 Å². The fraction of sp³-hybridized carbons (Fsp3) is 0.0154. The van der Waals surface area contributed by atoms with Gasteiger partial charge in [0, 0.05) is 53.0 Å². The van der Waals surface area contributed by atoms with E-state index in [9.17, 15) is 0 Å². The molecule has 14 aromatic rings. The Labute approximate surface area is 406 Å². The van der Waals surface area contributed by atoms with Crippen molar-refractivity contribution in [3.63, 3.8) is 0 Å². The van der Waals surface area contributed by atoms with Gasteiger partial charge in [0.15, 0.2) is 5.84 Å². The Bertz CT molecular complexity index is 4550. The van der Waals surface area contributed by atoms with E-state index in [2.05, 4.69) is 240 Å². The van der Waals surface area contributed by atoms with Crippen LogP contribution in [0.4, 0.5) is 0 Å². The van der Waals surface area contributed by atoms with Crippen LogP contribution in [-0.4, -0.2) is 16.2 Å². The van der Waals surface area contributed by atoms with E-state index in [0.29, 0.717) is 5.84 Å². The van der Waals surface area contributed by atoms with Crippen molar-refractivity contribution in [1.29, 1.82) is 0 Å². The molecule has 1 atom stereocenters. The minimum Gasteiger partial charge on any atom is -0.344 e. The number of aliphatic imine (C=N–C) groups is 2. The zero-order valence-electron chi connectivity index (χ0n) is 37.8. The minimum absolute atomic E-state index is 0.406. The van der Waals surface area contributed by atoms with Gasteiger partial charge in [0.25, 0.3) is 0 Å². The van der Waals surface area contributed by atoms with Crippen molar-refractivity contribution in [1.82, 2.24) is 9.88 Å². The fourth-order valence-corrected chi connectivity index (χ4v) is 12.4. The Kier molecular flexibility index (Phi) is 8.56. The second kappa shape index (κ2) is 15.3. The van der Waals surface area contributed by atoms with Crippen molar-refractivity contribution in [2.24, 2.45) is 9.98 Å². The summed E-state index contributed by atoms with van der Waals surface area (Å²) in [5.41, 5.74) is 8.73. The number of amidine groups is 2. The molecule has 326 valence electrons. The van der Waals surface area contributed by atoms with Crippen LogP contribution in [0.15, 0.2) is 241 Å². The summed E-state index contributed by atoms with van der Waals surface area (Å²) in [6, 6.07) is 84.2. The van der Waals surface area contributed by atoms with Crippen LogP contribution >= 0.6 is 11.3 Å². The third kappa shape index (κ3) is 6.02. The van der Waals surface area contributed by atoms with E-state index >= 15 is 0 Å². The second-order valence-electron chi connectivity index (χ2n) is 18.5. The van der Waals surface area contributed by atoms with Gasteiger partial charge in [0.05, 0.1) is 16.7 Å². The maximum Gasteiger partial charge on any atom is 0.159 e. The third-order valence-corrected chi connectivity index (χ3v) is 15.7. The molecule has 0 fully saturated rings. The summed E-state index contributed by atoms with van der Waals surface area (Å²) < 4.78 is 5.03. The smallest absolute Gasteiger partial charge is 0.159 e. The van der Waals surface area contributed by atoms with Crippen LogP contribution < -0.4 is 5.32 Å². The highest BCUT2D eigenvalue weighted by atomic mass is 32.1. The number of nitrogens with one attached hydrogen (secondary N) is 1. The molecule has 1 unspecified atom stereocenters. The number of nitrogens with zero attached hydrogens (tertiary/aromatic N) is 3. The molecule has 5 heteroatoms. The van der Waals surface area contributed by atoms with E-state index < -0.39 is 6.17 Å². The van der Waals surface area contributed by atoms with Gasteiger partial charge >= 0.3 is 0 Å². The van der Waals surface area contributed by atoms with Gasteiger partial charge in [-0.1, -0.05) is 170 Å². The zero-order chi connectivity index (χ0) is 45.9. The summed E-state index contributed by atoms with van der Waals surface area (Å²) in [6.07, 6.45) is -0.406. The molecule has 70 heavy (non-hydrogen) atoms. The zero-order valence-corrected chi connectivity index (χ0v) is 38.6. The monoisotopic (exact) mass is 908 g/mol. The number of fused-ring (bicyclic) bond motifs is 14. The van der Waals surface area contributed by atoms with Crippen LogP contribution in [0.3, 0.4) is 0 Å². The van der Waals surface area contributed by atoms with E-state index in [4.69, 9.17) is 9.98 Å². The van der Waals surface area contributed by atoms with Gasteiger partial charge in [-0.15, -0.1) is 11.3 Å². The summed E-state index contributed by atoms with van der Waals surface area (Å²) in [6.45, 7) is 0. The Morgan fingerprint density at radius 2 is 1.00 bits per heavy atom. The van der Waals surface area contributed by atoms with Crippen LogP contribution in [0, 0.1) is 0 Å². The summed E-state index contributed by atoms with van der Waals surface area (Å²) in [5, 5.41) is 21.0. The standard InChI is InChI=1S/C65H40N4S/c1-2-15-40-34-44(29-28-39(40)14-1)63-66-64(68-65(67-63)53-25-13-24-52-48-19-6-5-18-46(48)47-20-7-8-23-51(47)62(52)53)45-30-32-58(54(37-45)43-31-33-61-56(36-43)50-22-10-12-27-60(50)70-61)69-57-26-11-9-21-49(57)55-35-41-16-3-4-17-42(41)38-59(55)69/h1-38,63H,(H,66,67,68). The number of hydrogen-bond acceptors (Lipinski definition) is 4. The maximum absolute atomic E-state index is 5.59. The average molecular weight is 909 g/mol. The number of aromatic nitrogens is 1. The molecule has 0 radical (unpaired) electrons. The molecule has 0 amide bonds. The lowest BCUT2D eigenvalue weighted by atomic mass is 9.91. The van der Waals surface area contributed by atoms with Crippen molar-refractivity contribution in [3.05, 3.63) is 247 Å². The van der Waals surface area contributed by atoms with Gasteiger partial charge in [-0.25, -0.2) is 9.98 Å². The van der Waals surface area contributed by atoms with Crippen LogP contribution in [-0.2, 0) is 0 Å². The quantitative estimate of drug-likeness (QED) is 0.172. The SMILES string of the molecule is c1ccc2cc(C3N=C(c4ccc(-n5c6ccccc6c6cc7ccccc7cc65)c(-c5ccc6sc7ccccc7c6c5)c4)N=C(c4cccc5c6ccccc6c6ccccc6c45)N3)ccc2c1.